The molecule has 1 unspecified atom stereocenters. The molecule has 0 spiro atoms. The first kappa shape index (κ1) is 19.3. The Kier molecular flexibility index (Phi) is 5.02. The van der Waals surface area contributed by atoms with Crippen molar-refractivity contribution in [1.82, 2.24) is 4.98 Å². The van der Waals surface area contributed by atoms with Crippen LogP contribution in [0.5, 0.6) is 5.75 Å². The number of nitrogens with zero attached hydrogens (tertiary/aromatic N) is 2. The molecule has 2 heterocycles. The summed E-state index contributed by atoms with van der Waals surface area (Å²) in [5.41, 5.74) is 1.03. The molecule has 1 aromatic heterocycles. The average molecular weight is 404 g/mol. The Bertz CT molecular complexity index is 1140. The molecular formula is C23H17FN2O4. The maximum absolute atomic E-state index is 13.5. The van der Waals surface area contributed by atoms with E-state index in [1.165, 1.54) is 48.7 Å². The molecule has 1 amide bonds. The lowest BCUT2D eigenvalue weighted by Gasteiger charge is -2.26. The van der Waals surface area contributed by atoms with Gasteiger partial charge in [0.25, 0.3) is 11.7 Å². The van der Waals surface area contributed by atoms with E-state index in [-0.39, 0.29) is 11.3 Å². The van der Waals surface area contributed by atoms with Crippen molar-refractivity contribution < 1.29 is 23.8 Å². The lowest BCUT2D eigenvalue weighted by molar-refractivity contribution is -0.132. The minimum Gasteiger partial charge on any atom is -0.507 e. The number of hydrogen-bond acceptors (Lipinski definition) is 5. The zero-order valence-corrected chi connectivity index (χ0v) is 15.9. The number of halogens is 1. The number of methoxy groups -OCH3 is 1. The van der Waals surface area contributed by atoms with E-state index in [0.717, 1.165) is 0 Å². The number of ketones is 1. The minimum atomic E-state index is -0.966. The number of hydrogen-bond donors (Lipinski definition) is 1. The van der Waals surface area contributed by atoms with Crippen LogP contribution >= 0.6 is 0 Å². The summed E-state index contributed by atoms with van der Waals surface area (Å²) in [6.07, 6.45) is 2.94. The third-order valence-corrected chi connectivity index (χ3v) is 4.92. The number of pyridine rings is 1. The number of Topliss-reactive ketones (excluding diaryl/α,β-unsaturated/α-hetero) is 1. The molecule has 2 aromatic carbocycles. The second-order valence-corrected chi connectivity index (χ2v) is 6.63. The summed E-state index contributed by atoms with van der Waals surface area (Å²) in [6.45, 7) is 0. The molecule has 6 nitrogen and oxygen atoms in total. The molecule has 1 atom stereocenters. The van der Waals surface area contributed by atoms with Gasteiger partial charge in [0.1, 0.15) is 17.3 Å². The van der Waals surface area contributed by atoms with Crippen molar-refractivity contribution >= 4 is 23.1 Å². The van der Waals surface area contributed by atoms with Crippen LogP contribution in [0.1, 0.15) is 17.2 Å². The Morgan fingerprint density at radius 1 is 1.07 bits per heavy atom. The fourth-order valence-electron chi connectivity index (χ4n) is 3.55. The van der Waals surface area contributed by atoms with Gasteiger partial charge in [-0.05, 0) is 42.5 Å². The van der Waals surface area contributed by atoms with E-state index in [1.54, 1.807) is 36.4 Å². The van der Waals surface area contributed by atoms with Crippen molar-refractivity contribution in [3.05, 3.63) is 95.6 Å². The van der Waals surface area contributed by atoms with Crippen LogP contribution in [-0.4, -0.2) is 28.9 Å². The molecule has 0 aliphatic carbocycles. The van der Waals surface area contributed by atoms with Gasteiger partial charge < -0.3 is 9.84 Å². The highest BCUT2D eigenvalue weighted by atomic mass is 19.1. The van der Waals surface area contributed by atoms with E-state index in [2.05, 4.69) is 4.98 Å². The van der Waals surface area contributed by atoms with Crippen molar-refractivity contribution in [2.45, 2.75) is 6.04 Å². The zero-order valence-electron chi connectivity index (χ0n) is 15.9. The number of aliphatic hydroxyl groups excluding tert-OH is 1. The maximum Gasteiger partial charge on any atom is 0.300 e. The minimum absolute atomic E-state index is 0.0955. The van der Waals surface area contributed by atoms with Crippen LogP contribution in [0.2, 0.25) is 0 Å². The Labute approximate surface area is 171 Å². The zero-order chi connectivity index (χ0) is 21.3. The molecule has 4 rings (SSSR count). The second-order valence-electron chi connectivity index (χ2n) is 6.63. The summed E-state index contributed by atoms with van der Waals surface area (Å²) in [5.74, 6) is -2.06. The summed E-state index contributed by atoms with van der Waals surface area (Å²) < 4.78 is 18.9. The number of para-hydroxylation sites is 1. The second kappa shape index (κ2) is 7.79. The van der Waals surface area contributed by atoms with Crippen molar-refractivity contribution in [2.24, 2.45) is 0 Å². The molecule has 150 valence electrons. The van der Waals surface area contributed by atoms with E-state index >= 15 is 0 Å². The van der Waals surface area contributed by atoms with Crippen LogP contribution in [0.15, 0.2) is 78.6 Å². The Morgan fingerprint density at radius 2 is 1.80 bits per heavy atom. The fourth-order valence-corrected chi connectivity index (χ4v) is 3.55. The van der Waals surface area contributed by atoms with Gasteiger partial charge in [-0.2, -0.15) is 0 Å². The third-order valence-electron chi connectivity index (χ3n) is 4.92. The highest BCUT2D eigenvalue weighted by Crippen LogP contribution is 2.44. The topological polar surface area (TPSA) is 79.7 Å². The Balaban J connectivity index is 1.98. The Morgan fingerprint density at radius 3 is 2.47 bits per heavy atom. The lowest BCUT2D eigenvalue weighted by atomic mass is 9.95. The van der Waals surface area contributed by atoms with E-state index in [0.29, 0.717) is 22.6 Å². The van der Waals surface area contributed by atoms with Gasteiger partial charge in [-0.15, -0.1) is 0 Å². The van der Waals surface area contributed by atoms with Gasteiger partial charge in [-0.25, -0.2) is 4.39 Å². The van der Waals surface area contributed by atoms with Crippen LogP contribution in [0.4, 0.5) is 10.1 Å². The Hall–Kier alpha value is -4.00. The molecule has 0 bridgehead atoms. The van der Waals surface area contributed by atoms with Crippen LogP contribution in [0.3, 0.4) is 0 Å². The average Bonchev–Trinajstić information content (AvgIpc) is 3.05. The van der Waals surface area contributed by atoms with E-state index in [1.807, 2.05) is 0 Å². The first-order valence-corrected chi connectivity index (χ1v) is 9.13. The van der Waals surface area contributed by atoms with Crippen LogP contribution in [0, 0.1) is 5.82 Å². The van der Waals surface area contributed by atoms with Gasteiger partial charge in [0, 0.05) is 29.2 Å². The molecule has 30 heavy (non-hydrogen) atoms. The number of benzene rings is 2. The van der Waals surface area contributed by atoms with E-state index in [9.17, 15) is 19.1 Å². The lowest BCUT2D eigenvalue weighted by Crippen LogP contribution is -2.29. The highest BCUT2D eigenvalue weighted by molar-refractivity contribution is 6.51. The predicted molar refractivity (Wildman–Crippen MR) is 108 cm³/mol. The number of carbonyl (C=O) groups is 2. The molecule has 0 saturated carbocycles. The summed E-state index contributed by atoms with van der Waals surface area (Å²) in [7, 11) is 1.48. The van der Waals surface area contributed by atoms with Gasteiger partial charge >= 0.3 is 0 Å². The smallest absolute Gasteiger partial charge is 0.300 e. The summed E-state index contributed by atoms with van der Waals surface area (Å²) in [5, 5.41) is 11.0. The molecule has 3 aromatic rings. The standard InChI is InChI=1S/C23H17FN2O4/c1-30-18-7-3-2-6-17(18)20-19(21(27)14-5-4-12-25-13-14)22(28)23(29)26(20)16-10-8-15(24)9-11-16/h2-13,20,27H,1H3/b21-19-. The SMILES string of the molecule is COc1ccccc1C1/C(=C(/O)c2cccnc2)C(=O)C(=O)N1c1ccc(F)cc1. The number of aromatic nitrogens is 1. The fraction of sp³-hybridized carbons (Fsp3) is 0.0870. The van der Waals surface area contributed by atoms with Crippen molar-refractivity contribution in [2.75, 3.05) is 12.0 Å². The molecule has 7 heteroatoms. The monoisotopic (exact) mass is 404 g/mol. The van der Waals surface area contributed by atoms with Gasteiger partial charge in [-0.3, -0.25) is 19.5 Å². The van der Waals surface area contributed by atoms with Crippen LogP contribution in [-0.2, 0) is 9.59 Å². The van der Waals surface area contributed by atoms with Crippen LogP contribution < -0.4 is 9.64 Å². The summed E-state index contributed by atoms with van der Waals surface area (Å²) in [4.78, 5) is 31.2. The molecule has 1 aliphatic rings. The maximum atomic E-state index is 13.5. The number of ether oxygens (including phenoxy) is 1. The predicted octanol–water partition coefficient (Wildman–Crippen LogP) is 3.86. The quantitative estimate of drug-likeness (QED) is 0.406. The first-order valence-electron chi connectivity index (χ1n) is 9.13. The van der Waals surface area contributed by atoms with Crippen LogP contribution in [0.25, 0.3) is 5.76 Å². The van der Waals surface area contributed by atoms with Crippen molar-refractivity contribution in [3.8, 4) is 5.75 Å². The molecule has 0 radical (unpaired) electrons. The molecule has 1 saturated heterocycles. The molecule has 1 N–H and O–H groups in total. The van der Waals surface area contributed by atoms with E-state index in [4.69, 9.17) is 4.74 Å². The normalized spacial score (nSPS) is 17.9. The number of aliphatic hydroxyl groups is 1. The molecule has 1 fully saturated rings. The van der Waals surface area contributed by atoms with Gasteiger partial charge in [0.2, 0.25) is 0 Å². The number of anilines is 1. The van der Waals surface area contributed by atoms with Gasteiger partial charge in [0.05, 0.1) is 18.7 Å². The third kappa shape index (κ3) is 3.20. The number of amides is 1. The largest absolute Gasteiger partial charge is 0.507 e. The van der Waals surface area contributed by atoms with E-state index < -0.39 is 23.5 Å². The molecular weight excluding hydrogens is 387 g/mol. The number of rotatable bonds is 4. The van der Waals surface area contributed by atoms with Crippen molar-refractivity contribution in [1.29, 1.82) is 0 Å². The van der Waals surface area contributed by atoms with Crippen molar-refractivity contribution in [3.63, 3.8) is 0 Å². The number of carbonyl (C=O) groups excluding carboxylic acids is 2. The van der Waals surface area contributed by atoms with Gasteiger partial charge in [-0.1, -0.05) is 18.2 Å². The first-order chi connectivity index (χ1) is 14.5. The van der Waals surface area contributed by atoms with Gasteiger partial charge in [0.15, 0.2) is 0 Å². The highest BCUT2D eigenvalue weighted by Gasteiger charge is 2.47. The summed E-state index contributed by atoms with van der Waals surface area (Å²) >= 11 is 0. The summed E-state index contributed by atoms with van der Waals surface area (Å²) in [6, 6.07) is 14.4. The molecule has 1 aliphatic heterocycles.